The standard InChI is InChI=1S/C22H27FN2O3S2/c1-17-2-8-21(9-3-17)29-15-12-24-22(26)19-10-13-25(14-11-19)30(27,28)16-18-4-6-20(23)7-5-18/h2-9,19H,10-16H2,1H3,(H,24,26). The number of benzene rings is 2. The SMILES string of the molecule is Cc1ccc(SCCNC(=O)C2CCN(S(=O)(=O)Cc3ccc(F)cc3)CC2)cc1. The van der Waals surface area contributed by atoms with Gasteiger partial charge in [0.1, 0.15) is 5.82 Å². The minimum Gasteiger partial charge on any atom is -0.355 e. The first-order chi connectivity index (χ1) is 14.3. The number of amides is 1. The van der Waals surface area contributed by atoms with E-state index in [0.29, 0.717) is 38.0 Å². The van der Waals surface area contributed by atoms with Crippen LogP contribution in [0.1, 0.15) is 24.0 Å². The molecule has 0 saturated carbocycles. The van der Waals surface area contributed by atoms with E-state index in [2.05, 4.69) is 29.6 Å². The predicted octanol–water partition coefficient (Wildman–Crippen LogP) is 3.58. The van der Waals surface area contributed by atoms with Gasteiger partial charge in [-0.15, -0.1) is 11.8 Å². The first kappa shape index (κ1) is 22.8. The minimum absolute atomic E-state index is 0.00455. The number of hydrogen-bond donors (Lipinski definition) is 1. The summed E-state index contributed by atoms with van der Waals surface area (Å²) in [5.74, 6) is 0.0852. The van der Waals surface area contributed by atoms with Gasteiger partial charge in [-0.2, -0.15) is 0 Å². The van der Waals surface area contributed by atoms with Crippen LogP contribution in [0.25, 0.3) is 0 Å². The van der Waals surface area contributed by atoms with Crippen LogP contribution in [-0.4, -0.2) is 44.0 Å². The van der Waals surface area contributed by atoms with Gasteiger partial charge in [0.2, 0.25) is 15.9 Å². The van der Waals surface area contributed by atoms with Gasteiger partial charge in [0.15, 0.2) is 0 Å². The summed E-state index contributed by atoms with van der Waals surface area (Å²) >= 11 is 1.70. The van der Waals surface area contributed by atoms with Crippen LogP contribution >= 0.6 is 11.8 Å². The Morgan fingerprint density at radius 2 is 1.73 bits per heavy atom. The minimum atomic E-state index is -3.48. The zero-order chi connectivity index (χ0) is 21.6. The smallest absolute Gasteiger partial charge is 0.223 e. The second-order valence-corrected chi connectivity index (χ2v) is 10.6. The summed E-state index contributed by atoms with van der Waals surface area (Å²) in [5.41, 5.74) is 1.78. The van der Waals surface area contributed by atoms with Gasteiger partial charge < -0.3 is 5.32 Å². The molecule has 1 fully saturated rings. The zero-order valence-electron chi connectivity index (χ0n) is 17.0. The maximum Gasteiger partial charge on any atom is 0.223 e. The number of carbonyl (C=O) groups is 1. The van der Waals surface area contributed by atoms with Crippen molar-refractivity contribution in [1.82, 2.24) is 9.62 Å². The molecule has 1 saturated heterocycles. The Bertz CT molecular complexity index is 939. The maximum absolute atomic E-state index is 13.0. The molecule has 0 unspecified atom stereocenters. The topological polar surface area (TPSA) is 66.5 Å². The van der Waals surface area contributed by atoms with Crippen LogP contribution in [0.3, 0.4) is 0 Å². The van der Waals surface area contributed by atoms with Gasteiger partial charge in [-0.25, -0.2) is 17.1 Å². The highest BCUT2D eigenvalue weighted by molar-refractivity contribution is 7.99. The van der Waals surface area contributed by atoms with E-state index in [1.54, 1.807) is 11.8 Å². The molecule has 0 radical (unpaired) electrons. The highest BCUT2D eigenvalue weighted by Gasteiger charge is 2.31. The first-order valence-electron chi connectivity index (χ1n) is 10.0. The number of nitrogens with zero attached hydrogens (tertiary/aromatic N) is 1. The molecule has 1 amide bonds. The normalized spacial score (nSPS) is 15.8. The first-order valence-corrected chi connectivity index (χ1v) is 12.6. The quantitative estimate of drug-likeness (QED) is 0.493. The average molecular weight is 451 g/mol. The molecule has 5 nitrogen and oxygen atoms in total. The van der Waals surface area contributed by atoms with Crippen LogP contribution in [0, 0.1) is 18.7 Å². The molecule has 0 spiro atoms. The lowest BCUT2D eigenvalue weighted by Gasteiger charge is -2.30. The molecule has 162 valence electrons. The second kappa shape index (κ2) is 10.4. The molecule has 0 bridgehead atoms. The number of carbonyl (C=O) groups excluding carboxylic acids is 1. The summed E-state index contributed by atoms with van der Waals surface area (Å²) in [6, 6.07) is 13.8. The summed E-state index contributed by atoms with van der Waals surface area (Å²) in [6.45, 7) is 3.30. The Morgan fingerprint density at radius 1 is 1.10 bits per heavy atom. The molecule has 0 atom stereocenters. The largest absolute Gasteiger partial charge is 0.355 e. The highest BCUT2D eigenvalue weighted by atomic mass is 32.2. The van der Waals surface area contributed by atoms with Gasteiger partial charge in [0, 0.05) is 36.2 Å². The van der Waals surface area contributed by atoms with Crippen LogP contribution in [0.5, 0.6) is 0 Å². The van der Waals surface area contributed by atoms with E-state index >= 15 is 0 Å². The Balaban J connectivity index is 1.40. The third kappa shape index (κ3) is 6.55. The molecule has 2 aromatic carbocycles. The number of nitrogens with one attached hydrogen (secondary N) is 1. The summed E-state index contributed by atoms with van der Waals surface area (Å²) < 4.78 is 39.7. The lowest BCUT2D eigenvalue weighted by Crippen LogP contribution is -2.43. The van der Waals surface area contributed by atoms with E-state index in [1.807, 2.05) is 6.92 Å². The molecule has 30 heavy (non-hydrogen) atoms. The van der Waals surface area contributed by atoms with Crippen molar-refractivity contribution in [2.75, 3.05) is 25.4 Å². The molecule has 1 aliphatic rings. The van der Waals surface area contributed by atoms with E-state index in [1.165, 1.54) is 39.0 Å². The second-order valence-electron chi connectivity index (χ2n) is 7.51. The third-order valence-electron chi connectivity index (χ3n) is 5.17. The third-order valence-corrected chi connectivity index (χ3v) is 8.04. The fourth-order valence-corrected chi connectivity index (χ4v) is 5.73. The monoisotopic (exact) mass is 450 g/mol. The van der Waals surface area contributed by atoms with Gasteiger partial charge in [-0.3, -0.25) is 4.79 Å². The summed E-state index contributed by atoms with van der Waals surface area (Å²) in [4.78, 5) is 13.6. The summed E-state index contributed by atoms with van der Waals surface area (Å²) in [6.07, 6.45) is 1.03. The van der Waals surface area contributed by atoms with Gasteiger partial charge in [0.05, 0.1) is 5.75 Å². The number of halogens is 1. The van der Waals surface area contributed by atoms with Gasteiger partial charge in [0.25, 0.3) is 0 Å². The highest BCUT2D eigenvalue weighted by Crippen LogP contribution is 2.22. The van der Waals surface area contributed by atoms with Gasteiger partial charge >= 0.3 is 0 Å². The van der Waals surface area contributed by atoms with Crippen LogP contribution < -0.4 is 5.32 Å². The summed E-state index contributed by atoms with van der Waals surface area (Å²) in [7, 11) is -3.48. The fraction of sp³-hybridized carbons (Fsp3) is 0.409. The van der Waals surface area contributed by atoms with E-state index in [4.69, 9.17) is 0 Å². The van der Waals surface area contributed by atoms with Crippen LogP contribution in [0.15, 0.2) is 53.4 Å². The molecule has 3 rings (SSSR count). The molecule has 0 aromatic heterocycles. The van der Waals surface area contributed by atoms with E-state index < -0.39 is 10.0 Å². The van der Waals surface area contributed by atoms with Crippen molar-refractivity contribution in [3.05, 3.63) is 65.5 Å². The van der Waals surface area contributed by atoms with Crippen molar-refractivity contribution in [3.8, 4) is 0 Å². The zero-order valence-corrected chi connectivity index (χ0v) is 18.6. The number of aryl methyl sites for hydroxylation is 1. The molecule has 0 aliphatic carbocycles. The predicted molar refractivity (Wildman–Crippen MR) is 118 cm³/mol. The molecule has 1 aliphatic heterocycles. The van der Waals surface area contributed by atoms with Crippen LogP contribution in [0.2, 0.25) is 0 Å². The average Bonchev–Trinajstić information content (AvgIpc) is 2.74. The Morgan fingerprint density at radius 3 is 2.37 bits per heavy atom. The Labute approximate surface area is 182 Å². The Hall–Kier alpha value is -1.90. The number of hydrogen-bond acceptors (Lipinski definition) is 4. The lowest BCUT2D eigenvalue weighted by molar-refractivity contribution is -0.125. The van der Waals surface area contributed by atoms with E-state index in [-0.39, 0.29) is 23.4 Å². The summed E-state index contributed by atoms with van der Waals surface area (Å²) in [5, 5.41) is 2.97. The van der Waals surface area contributed by atoms with Crippen molar-refractivity contribution in [1.29, 1.82) is 0 Å². The van der Waals surface area contributed by atoms with Crippen molar-refractivity contribution in [2.45, 2.75) is 30.4 Å². The van der Waals surface area contributed by atoms with Crippen LogP contribution in [0.4, 0.5) is 4.39 Å². The number of rotatable bonds is 8. The van der Waals surface area contributed by atoms with Gasteiger partial charge in [-0.05, 0) is 49.6 Å². The number of piperidine rings is 1. The van der Waals surface area contributed by atoms with E-state index in [0.717, 1.165) is 5.75 Å². The van der Waals surface area contributed by atoms with Crippen molar-refractivity contribution < 1.29 is 17.6 Å². The molecule has 1 N–H and O–H groups in total. The van der Waals surface area contributed by atoms with Crippen molar-refractivity contribution in [3.63, 3.8) is 0 Å². The molecule has 2 aromatic rings. The van der Waals surface area contributed by atoms with Crippen LogP contribution in [-0.2, 0) is 20.6 Å². The van der Waals surface area contributed by atoms with Gasteiger partial charge in [-0.1, -0.05) is 29.8 Å². The van der Waals surface area contributed by atoms with E-state index in [9.17, 15) is 17.6 Å². The lowest BCUT2D eigenvalue weighted by atomic mass is 9.97. The molecular formula is C22H27FN2O3S2. The molecule has 8 heteroatoms. The fourth-order valence-electron chi connectivity index (χ4n) is 3.40. The Kier molecular flexibility index (Phi) is 7.91. The molecule has 1 heterocycles. The number of sulfonamides is 1. The molecular weight excluding hydrogens is 423 g/mol. The van der Waals surface area contributed by atoms with Crippen molar-refractivity contribution >= 4 is 27.7 Å². The van der Waals surface area contributed by atoms with Crippen molar-refractivity contribution in [2.24, 2.45) is 5.92 Å². The number of thioether (sulfide) groups is 1. The maximum atomic E-state index is 13.0.